The molecule has 96 valence electrons. The normalized spacial score (nSPS) is 63.0. The summed E-state index contributed by atoms with van der Waals surface area (Å²) >= 11 is 0. The summed E-state index contributed by atoms with van der Waals surface area (Å²) in [4.78, 5) is 0. The van der Waals surface area contributed by atoms with Crippen molar-refractivity contribution in [2.45, 2.75) is 43.7 Å². The zero-order valence-electron chi connectivity index (χ0n) is 10.6. The van der Waals surface area contributed by atoms with Gasteiger partial charge in [0.1, 0.15) is 0 Å². The van der Waals surface area contributed by atoms with Crippen molar-refractivity contribution in [2.75, 3.05) is 0 Å². The van der Waals surface area contributed by atoms with E-state index in [2.05, 4.69) is 24.8 Å². The first-order valence-corrected chi connectivity index (χ1v) is 7.48. The van der Waals surface area contributed by atoms with Crippen LogP contribution in [-0.4, -0.2) is 24.4 Å². The molecule has 0 aromatic heterocycles. The summed E-state index contributed by atoms with van der Waals surface area (Å²) in [6.07, 6.45) is 13.2. The molecule has 0 bridgehead atoms. The molecule has 0 spiro atoms. The van der Waals surface area contributed by atoms with Gasteiger partial charge in [0.15, 0.2) is 0 Å². The van der Waals surface area contributed by atoms with Crippen molar-refractivity contribution in [3.8, 4) is 0 Å². The molecule has 2 nitrogen and oxygen atoms in total. The van der Waals surface area contributed by atoms with Crippen LogP contribution in [-0.2, 0) is 9.47 Å². The number of rotatable bonds is 1. The second-order valence-corrected chi connectivity index (χ2v) is 6.77. The topological polar surface area (TPSA) is 25.1 Å². The highest BCUT2D eigenvalue weighted by atomic mass is 16.6. The highest BCUT2D eigenvalue weighted by Crippen LogP contribution is 2.58. The SMILES string of the molecule is C=CC1C2OC2CC2C=CC3C(CCC4OC43)C21. The summed E-state index contributed by atoms with van der Waals surface area (Å²) in [5.74, 6) is 3.58. The summed E-state index contributed by atoms with van der Waals surface area (Å²) in [6, 6.07) is 0. The Bertz CT molecular complexity index is 429. The molecule has 2 aliphatic heterocycles. The van der Waals surface area contributed by atoms with Gasteiger partial charge in [0, 0.05) is 11.8 Å². The van der Waals surface area contributed by atoms with Gasteiger partial charge in [-0.3, -0.25) is 0 Å². The fourth-order valence-electron chi connectivity index (χ4n) is 5.21. The Balaban J connectivity index is 1.53. The first-order valence-electron chi connectivity index (χ1n) is 7.48. The Hall–Kier alpha value is -0.600. The average Bonchev–Trinajstić information content (AvgIpc) is 3.27. The standard InChI is InChI=1S/C16H20O2/c1-2-9-14-8(7-13-15(9)18-13)3-4-11-10(14)5-6-12-16(11)17-12/h2-4,8-16H,1,5-7H2. The van der Waals surface area contributed by atoms with E-state index in [9.17, 15) is 0 Å². The van der Waals surface area contributed by atoms with Gasteiger partial charge >= 0.3 is 0 Å². The van der Waals surface area contributed by atoms with Gasteiger partial charge in [-0.1, -0.05) is 18.2 Å². The first-order chi connectivity index (χ1) is 8.86. The molecule has 0 amide bonds. The van der Waals surface area contributed by atoms with Gasteiger partial charge in [0.05, 0.1) is 24.4 Å². The third-order valence-corrected chi connectivity index (χ3v) is 6.07. The third kappa shape index (κ3) is 1.21. The van der Waals surface area contributed by atoms with E-state index < -0.39 is 0 Å². The largest absolute Gasteiger partial charge is 0.369 e. The van der Waals surface area contributed by atoms with Crippen LogP contribution in [0.1, 0.15) is 19.3 Å². The molecule has 0 aromatic carbocycles. The van der Waals surface area contributed by atoms with Crippen LogP contribution in [0.15, 0.2) is 24.8 Å². The first kappa shape index (κ1) is 10.2. The summed E-state index contributed by atoms with van der Waals surface area (Å²) < 4.78 is 11.7. The van der Waals surface area contributed by atoms with Crippen molar-refractivity contribution >= 4 is 0 Å². The molecule has 3 aliphatic carbocycles. The fourth-order valence-corrected chi connectivity index (χ4v) is 5.21. The lowest BCUT2D eigenvalue weighted by Gasteiger charge is -2.45. The van der Waals surface area contributed by atoms with E-state index in [1.165, 1.54) is 19.3 Å². The molecule has 0 aromatic rings. The fraction of sp³-hybridized carbons (Fsp3) is 0.750. The smallest absolute Gasteiger partial charge is 0.0907 e. The monoisotopic (exact) mass is 244 g/mol. The molecule has 18 heavy (non-hydrogen) atoms. The average molecular weight is 244 g/mol. The maximum absolute atomic E-state index is 5.85. The van der Waals surface area contributed by atoms with Crippen molar-refractivity contribution in [1.29, 1.82) is 0 Å². The number of allylic oxidation sites excluding steroid dienone is 1. The minimum Gasteiger partial charge on any atom is -0.369 e. The van der Waals surface area contributed by atoms with Crippen LogP contribution in [0.4, 0.5) is 0 Å². The summed E-state index contributed by atoms with van der Waals surface area (Å²) in [5, 5.41) is 0. The van der Waals surface area contributed by atoms with Gasteiger partial charge in [-0.15, -0.1) is 6.58 Å². The van der Waals surface area contributed by atoms with Crippen LogP contribution in [0.3, 0.4) is 0 Å². The summed E-state index contributed by atoms with van der Waals surface area (Å²) in [5.41, 5.74) is 0. The van der Waals surface area contributed by atoms with E-state index in [1.54, 1.807) is 0 Å². The lowest BCUT2D eigenvalue weighted by molar-refractivity contribution is 0.0927. The predicted molar refractivity (Wildman–Crippen MR) is 68.0 cm³/mol. The maximum Gasteiger partial charge on any atom is 0.0907 e. The minimum atomic E-state index is 0.494. The Morgan fingerprint density at radius 2 is 1.94 bits per heavy atom. The van der Waals surface area contributed by atoms with Crippen molar-refractivity contribution in [3.05, 3.63) is 24.8 Å². The van der Waals surface area contributed by atoms with Gasteiger partial charge in [0.2, 0.25) is 0 Å². The van der Waals surface area contributed by atoms with E-state index in [-0.39, 0.29) is 0 Å². The van der Waals surface area contributed by atoms with Gasteiger partial charge < -0.3 is 9.47 Å². The molecule has 9 atom stereocenters. The zero-order chi connectivity index (χ0) is 11.9. The number of hydrogen-bond donors (Lipinski definition) is 0. The van der Waals surface area contributed by atoms with Crippen LogP contribution in [0.2, 0.25) is 0 Å². The lowest BCUT2D eigenvalue weighted by atomic mass is 9.57. The second-order valence-electron chi connectivity index (χ2n) is 6.77. The third-order valence-electron chi connectivity index (χ3n) is 6.07. The molecule has 2 heterocycles. The zero-order valence-corrected chi connectivity index (χ0v) is 10.6. The van der Waals surface area contributed by atoms with Gasteiger partial charge in [-0.05, 0) is 37.0 Å². The number of ether oxygens (including phenoxy) is 2. The van der Waals surface area contributed by atoms with Gasteiger partial charge in [-0.2, -0.15) is 0 Å². The van der Waals surface area contributed by atoms with Crippen molar-refractivity contribution in [2.24, 2.45) is 29.6 Å². The van der Waals surface area contributed by atoms with E-state index in [0.717, 1.165) is 17.8 Å². The highest BCUT2D eigenvalue weighted by Gasteiger charge is 2.60. The Morgan fingerprint density at radius 3 is 2.83 bits per heavy atom. The van der Waals surface area contributed by atoms with Crippen LogP contribution in [0.5, 0.6) is 0 Å². The van der Waals surface area contributed by atoms with Crippen LogP contribution < -0.4 is 0 Å². The predicted octanol–water partition coefficient (Wildman–Crippen LogP) is 2.56. The highest BCUT2D eigenvalue weighted by molar-refractivity contribution is 5.20. The maximum atomic E-state index is 5.85. The quantitative estimate of drug-likeness (QED) is 0.523. The van der Waals surface area contributed by atoms with Crippen LogP contribution in [0.25, 0.3) is 0 Å². The molecular formula is C16H20O2. The molecule has 0 N–H and O–H groups in total. The van der Waals surface area contributed by atoms with Crippen molar-refractivity contribution in [1.82, 2.24) is 0 Å². The minimum absolute atomic E-state index is 0.494. The number of fused-ring (bicyclic) bond motifs is 6. The Kier molecular flexibility index (Phi) is 1.87. The molecular weight excluding hydrogens is 224 g/mol. The van der Waals surface area contributed by atoms with Gasteiger partial charge in [-0.25, -0.2) is 0 Å². The summed E-state index contributed by atoms with van der Waals surface area (Å²) in [7, 11) is 0. The second kappa shape index (κ2) is 3.29. The van der Waals surface area contributed by atoms with Gasteiger partial charge in [0.25, 0.3) is 0 Å². The molecule has 0 radical (unpaired) electrons. The summed E-state index contributed by atoms with van der Waals surface area (Å²) in [6.45, 7) is 4.08. The van der Waals surface area contributed by atoms with E-state index in [4.69, 9.17) is 9.47 Å². The molecule has 9 unspecified atom stereocenters. The molecule has 2 saturated carbocycles. The Morgan fingerprint density at radius 1 is 1.06 bits per heavy atom. The van der Waals surface area contributed by atoms with E-state index in [1.807, 2.05) is 0 Å². The number of epoxide rings is 2. The van der Waals surface area contributed by atoms with E-state index in [0.29, 0.717) is 36.3 Å². The van der Waals surface area contributed by atoms with E-state index >= 15 is 0 Å². The molecule has 2 heteroatoms. The molecule has 5 aliphatic rings. The van der Waals surface area contributed by atoms with Crippen LogP contribution in [0, 0.1) is 29.6 Å². The molecule has 4 fully saturated rings. The lowest BCUT2D eigenvalue weighted by Crippen LogP contribution is -2.44. The van der Waals surface area contributed by atoms with Crippen LogP contribution >= 0.6 is 0 Å². The molecule has 5 rings (SSSR count). The van der Waals surface area contributed by atoms with Crippen molar-refractivity contribution in [3.63, 3.8) is 0 Å². The number of hydrogen-bond acceptors (Lipinski definition) is 2. The van der Waals surface area contributed by atoms with Crippen molar-refractivity contribution < 1.29 is 9.47 Å². The molecule has 2 saturated heterocycles. The Labute approximate surface area is 108 Å².